The van der Waals surface area contributed by atoms with Crippen molar-refractivity contribution in [2.45, 2.75) is 98.7 Å². The number of rotatable bonds is 14. The number of nitrogens with zero attached hydrogens (tertiary/aromatic N) is 4. The standard InChI is InChI=1S/C36H50ClN4O11P/c1-22(23-14-12-11-13-15-23)40(10)28-24-16-17-41(29(24)39-33(37)38-28)30-27-26(51-36(8,9)52-27)25(50-30)18-45-21-53(44,48-19-46-31(42)34(2,3)4)49-20-47-32(43)35(5,6)7/h11-17,22,25-27,30H,18-21H2,1-10H3/t22?,25-,26-,27-,30-/m1/s1. The Morgan fingerprint density at radius 3 is 2.13 bits per heavy atom. The zero-order valence-electron chi connectivity index (χ0n) is 31.9. The molecule has 2 saturated heterocycles. The molecule has 0 N–H and O–H groups in total. The topological polar surface area (TPSA) is 159 Å². The van der Waals surface area contributed by atoms with Gasteiger partial charge in [0.15, 0.2) is 12.0 Å². The van der Waals surface area contributed by atoms with E-state index >= 15 is 0 Å². The summed E-state index contributed by atoms with van der Waals surface area (Å²) >= 11 is 6.52. The number of carbonyl (C=O) groups excluding carboxylic acids is 2. The summed E-state index contributed by atoms with van der Waals surface area (Å²) in [6.07, 6.45) is -1.33. The van der Waals surface area contributed by atoms with Crippen molar-refractivity contribution in [2.75, 3.05) is 38.5 Å². The zero-order chi connectivity index (χ0) is 38.9. The molecule has 2 fully saturated rings. The average molecular weight is 781 g/mol. The first-order valence-electron chi connectivity index (χ1n) is 17.3. The van der Waals surface area contributed by atoms with Crippen molar-refractivity contribution in [2.24, 2.45) is 10.8 Å². The minimum atomic E-state index is -4.14. The summed E-state index contributed by atoms with van der Waals surface area (Å²) in [5, 5.41) is 0.822. The molecule has 53 heavy (non-hydrogen) atoms. The number of esters is 2. The summed E-state index contributed by atoms with van der Waals surface area (Å²) < 4.78 is 61.7. The van der Waals surface area contributed by atoms with Gasteiger partial charge in [0.25, 0.3) is 0 Å². The molecule has 1 aromatic carbocycles. The third-order valence-corrected chi connectivity index (χ3v) is 10.4. The van der Waals surface area contributed by atoms with Gasteiger partial charge in [-0.1, -0.05) is 30.3 Å². The van der Waals surface area contributed by atoms with Crippen LogP contribution in [0.25, 0.3) is 11.0 Å². The molecule has 3 aromatic rings. The molecule has 0 saturated carbocycles. The second kappa shape index (κ2) is 15.9. The Balaban J connectivity index is 1.32. The van der Waals surface area contributed by atoms with Gasteiger partial charge in [0.2, 0.25) is 18.9 Å². The van der Waals surface area contributed by atoms with Crippen molar-refractivity contribution in [3.8, 4) is 0 Å². The highest BCUT2D eigenvalue weighted by atomic mass is 35.5. The molecule has 0 radical (unpaired) electrons. The molecule has 5 rings (SSSR count). The molecule has 5 atom stereocenters. The molecule has 0 amide bonds. The zero-order valence-corrected chi connectivity index (χ0v) is 33.5. The Labute approximate surface area is 315 Å². The van der Waals surface area contributed by atoms with Crippen molar-refractivity contribution >= 4 is 48.0 Å². The van der Waals surface area contributed by atoms with E-state index < -0.39 is 80.6 Å². The molecule has 1 unspecified atom stereocenters. The van der Waals surface area contributed by atoms with E-state index in [0.29, 0.717) is 11.5 Å². The summed E-state index contributed by atoms with van der Waals surface area (Å²) in [6, 6.07) is 12.0. The molecule has 2 aliphatic rings. The average Bonchev–Trinajstić information content (AvgIpc) is 3.73. The Bertz CT molecular complexity index is 1770. The van der Waals surface area contributed by atoms with Gasteiger partial charge in [0.05, 0.1) is 28.9 Å². The van der Waals surface area contributed by atoms with Crippen LogP contribution in [-0.4, -0.2) is 84.2 Å². The third-order valence-electron chi connectivity index (χ3n) is 8.76. The van der Waals surface area contributed by atoms with E-state index in [2.05, 4.69) is 29.0 Å². The molecule has 2 aromatic heterocycles. The molecule has 0 bridgehead atoms. The van der Waals surface area contributed by atoms with Gasteiger partial charge in [-0.05, 0) is 85.5 Å². The second-order valence-electron chi connectivity index (χ2n) is 15.6. The molecule has 15 nitrogen and oxygen atoms in total. The Morgan fingerprint density at radius 2 is 1.55 bits per heavy atom. The maximum absolute atomic E-state index is 13.8. The fourth-order valence-electron chi connectivity index (χ4n) is 5.77. The van der Waals surface area contributed by atoms with Crippen LogP contribution in [0.4, 0.5) is 5.82 Å². The maximum Gasteiger partial charge on any atom is 0.361 e. The van der Waals surface area contributed by atoms with Crippen LogP contribution in [0.2, 0.25) is 5.28 Å². The first kappa shape index (κ1) is 41.0. The lowest BCUT2D eigenvalue weighted by Crippen LogP contribution is -2.33. The van der Waals surface area contributed by atoms with Crippen LogP contribution in [0, 0.1) is 10.8 Å². The molecular formula is C36H50ClN4O11P. The van der Waals surface area contributed by atoms with E-state index in [1.54, 1.807) is 55.4 Å². The summed E-state index contributed by atoms with van der Waals surface area (Å²) in [5.41, 5.74) is -0.000702. The van der Waals surface area contributed by atoms with Crippen LogP contribution in [0.1, 0.15) is 80.1 Å². The van der Waals surface area contributed by atoms with Gasteiger partial charge < -0.3 is 37.9 Å². The van der Waals surface area contributed by atoms with Crippen LogP contribution in [0.15, 0.2) is 42.6 Å². The lowest BCUT2D eigenvalue weighted by Gasteiger charge is -2.27. The number of benzene rings is 1. The Kier molecular flexibility index (Phi) is 12.3. The van der Waals surface area contributed by atoms with Crippen molar-refractivity contribution in [3.63, 3.8) is 0 Å². The van der Waals surface area contributed by atoms with Crippen LogP contribution >= 0.6 is 19.2 Å². The monoisotopic (exact) mass is 780 g/mol. The van der Waals surface area contributed by atoms with Crippen molar-refractivity contribution in [3.05, 3.63) is 53.4 Å². The summed E-state index contributed by atoms with van der Waals surface area (Å²) in [7, 11) is -2.19. The van der Waals surface area contributed by atoms with Crippen LogP contribution in [0.5, 0.6) is 0 Å². The SMILES string of the molecule is CC(c1ccccc1)N(C)c1nc(Cl)nc2c1ccn2[C@@H]1O[C@H](COCP(=O)(OCOC(=O)C(C)(C)C)OCOC(=O)C(C)(C)C)[C@H]2OC(C)(C)O[C@H]21. The lowest BCUT2D eigenvalue weighted by atomic mass is 9.98. The number of fused-ring (bicyclic) bond motifs is 2. The predicted molar refractivity (Wildman–Crippen MR) is 195 cm³/mol. The van der Waals surface area contributed by atoms with Crippen LogP contribution in [0.3, 0.4) is 0 Å². The highest BCUT2D eigenvalue weighted by Crippen LogP contribution is 2.49. The number of carbonyl (C=O) groups is 2. The second-order valence-corrected chi connectivity index (χ2v) is 17.9. The minimum absolute atomic E-state index is 0.0188. The third kappa shape index (κ3) is 9.76. The molecule has 292 valence electrons. The summed E-state index contributed by atoms with van der Waals surface area (Å²) in [6.45, 7) is 14.2. The molecule has 4 heterocycles. The van der Waals surface area contributed by atoms with Gasteiger partial charge in [0.1, 0.15) is 36.1 Å². The number of anilines is 1. The van der Waals surface area contributed by atoms with Crippen LogP contribution in [-0.2, 0) is 51.6 Å². The molecule has 2 aliphatic heterocycles. The van der Waals surface area contributed by atoms with E-state index in [9.17, 15) is 14.2 Å². The first-order chi connectivity index (χ1) is 24.7. The minimum Gasteiger partial charge on any atom is -0.438 e. The van der Waals surface area contributed by atoms with Gasteiger partial charge >= 0.3 is 19.5 Å². The fraction of sp³-hybridized carbons (Fsp3) is 0.611. The predicted octanol–water partition coefficient (Wildman–Crippen LogP) is 6.99. The highest BCUT2D eigenvalue weighted by molar-refractivity contribution is 7.53. The van der Waals surface area contributed by atoms with Crippen molar-refractivity contribution < 1.29 is 51.6 Å². The maximum atomic E-state index is 13.8. The lowest BCUT2D eigenvalue weighted by molar-refractivity contribution is -0.201. The largest absolute Gasteiger partial charge is 0.438 e. The quantitative estimate of drug-likeness (QED) is 0.0713. The summed E-state index contributed by atoms with van der Waals surface area (Å²) in [5.74, 6) is -1.45. The molecule has 0 spiro atoms. The van der Waals surface area contributed by atoms with E-state index in [1.807, 2.05) is 47.0 Å². The number of hydrogen-bond donors (Lipinski definition) is 0. The van der Waals surface area contributed by atoms with E-state index in [4.69, 9.17) is 49.1 Å². The highest BCUT2D eigenvalue weighted by Gasteiger charge is 2.56. The van der Waals surface area contributed by atoms with E-state index in [1.165, 1.54) is 0 Å². The van der Waals surface area contributed by atoms with Gasteiger partial charge in [0, 0.05) is 13.2 Å². The fourth-order valence-corrected chi connectivity index (χ4v) is 6.91. The van der Waals surface area contributed by atoms with Crippen molar-refractivity contribution in [1.29, 1.82) is 0 Å². The Hall–Kier alpha value is -3.14. The molecule has 17 heteroatoms. The number of aromatic nitrogens is 3. The molecular weight excluding hydrogens is 731 g/mol. The van der Waals surface area contributed by atoms with Gasteiger partial charge in [-0.15, -0.1) is 0 Å². The van der Waals surface area contributed by atoms with Crippen molar-refractivity contribution in [1.82, 2.24) is 14.5 Å². The van der Waals surface area contributed by atoms with E-state index in [-0.39, 0.29) is 17.9 Å². The van der Waals surface area contributed by atoms with Gasteiger partial charge in [-0.3, -0.25) is 23.2 Å². The first-order valence-corrected chi connectivity index (χ1v) is 19.4. The van der Waals surface area contributed by atoms with Gasteiger partial charge in [-0.25, -0.2) is 0 Å². The summed E-state index contributed by atoms with van der Waals surface area (Å²) in [4.78, 5) is 35.8. The normalized spacial score (nSPS) is 22.1. The number of ether oxygens (including phenoxy) is 6. The van der Waals surface area contributed by atoms with Gasteiger partial charge in [-0.2, -0.15) is 9.97 Å². The smallest absolute Gasteiger partial charge is 0.361 e. The van der Waals surface area contributed by atoms with Crippen LogP contribution < -0.4 is 4.90 Å². The number of hydrogen-bond acceptors (Lipinski definition) is 14. The van der Waals surface area contributed by atoms with E-state index in [0.717, 1.165) is 10.9 Å². The Morgan fingerprint density at radius 1 is 0.962 bits per heavy atom. The molecule has 0 aliphatic carbocycles. The number of halogens is 1.